The van der Waals surface area contributed by atoms with Crippen molar-refractivity contribution in [2.75, 3.05) is 27.2 Å². The Hall–Kier alpha value is -1.43. The molecular weight excluding hydrogens is 340 g/mol. The largest absolute Gasteiger partial charge is 0.415 e. The van der Waals surface area contributed by atoms with Crippen molar-refractivity contribution in [1.82, 2.24) is 9.80 Å². The molecule has 146 valence electrons. The first-order chi connectivity index (χ1) is 12.0. The molecule has 0 heterocycles. The summed E-state index contributed by atoms with van der Waals surface area (Å²) >= 11 is 0. The number of nitrogens with zero attached hydrogens (tertiary/aromatic N) is 2. The van der Waals surface area contributed by atoms with Crippen LogP contribution in [0, 0.1) is 0 Å². The van der Waals surface area contributed by atoms with Crippen LogP contribution in [-0.4, -0.2) is 57.3 Å². The maximum Gasteiger partial charge on any atom is 0.241 e. The van der Waals surface area contributed by atoms with Crippen LogP contribution in [-0.2, 0) is 15.8 Å². The lowest BCUT2D eigenvalue weighted by atomic mass is 10.1. The van der Waals surface area contributed by atoms with Crippen molar-refractivity contribution in [3.8, 4) is 0 Å². The van der Waals surface area contributed by atoms with Crippen molar-refractivity contribution >= 4 is 14.2 Å². The van der Waals surface area contributed by atoms with Gasteiger partial charge in [0.1, 0.15) is 6.04 Å². The average molecular weight is 377 g/mol. The van der Waals surface area contributed by atoms with E-state index < -0.39 is 8.32 Å². The third kappa shape index (κ3) is 6.38. The van der Waals surface area contributed by atoms with Gasteiger partial charge in [-0.05, 0) is 23.7 Å². The molecule has 0 radical (unpaired) electrons. The van der Waals surface area contributed by atoms with Crippen LogP contribution in [0.15, 0.2) is 43.0 Å². The number of hydrogen-bond acceptors (Lipinski definition) is 3. The second-order valence-corrected chi connectivity index (χ2v) is 13.3. The number of amides is 1. The zero-order valence-electron chi connectivity index (χ0n) is 17.6. The Balaban J connectivity index is 3.04. The monoisotopic (exact) mass is 376 g/mol. The maximum absolute atomic E-state index is 12.9. The molecule has 1 rings (SSSR count). The van der Waals surface area contributed by atoms with E-state index in [1.807, 2.05) is 24.3 Å². The van der Waals surface area contributed by atoms with E-state index in [2.05, 4.69) is 57.5 Å². The molecule has 1 aromatic rings. The van der Waals surface area contributed by atoms with Crippen molar-refractivity contribution in [3.05, 3.63) is 48.6 Å². The topological polar surface area (TPSA) is 32.8 Å². The third-order valence-corrected chi connectivity index (χ3v) is 9.67. The number of hydrogen-bond donors (Lipinski definition) is 0. The quantitative estimate of drug-likeness (QED) is 0.479. The minimum absolute atomic E-state index is 0.0708. The smallest absolute Gasteiger partial charge is 0.241 e. The molecule has 26 heavy (non-hydrogen) atoms. The Kier molecular flexibility index (Phi) is 8.25. The van der Waals surface area contributed by atoms with E-state index in [0.29, 0.717) is 19.7 Å². The van der Waals surface area contributed by atoms with Gasteiger partial charge in [-0.2, -0.15) is 0 Å². The van der Waals surface area contributed by atoms with Crippen LogP contribution in [0.5, 0.6) is 0 Å². The maximum atomic E-state index is 12.9. The van der Waals surface area contributed by atoms with Gasteiger partial charge in [0.2, 0.25) is 5.91 Å². The Bertz CT molecular complexity index is 579. The fourth-order valence-corrected chi connectivity index (χ4v) is 3.43. The SMILES string of the molecule is C=CCN(Cc1ccccc1)[C@@H](CO[Si](C)(C)C(C)(C)C)C(=O)N(C)C. The molecule has 0 aliphatic rings. The second kappa shape index (κ2) is 9.49. The molecule has 0 fully saturated rings. The Morgan fingerprint density at radius 2 is 1.81 bits per heavy atom. The van der Waals surface area contributed by atoms with Crippen LogP contribution < -0.4 is 0 Å². The molecule has 0 N–H and O–H groups in total. The van der Waals surface area contributed by atoms with Crippen LogP contribution >= 0.6 is 0 Å². The molecule has 0 aliphatic heterocycles. The highest BCUT2D eigenvalue weighted by Gasteiger charge is 2.39. The first kappa shape index (κ1) is 22.6. The van der Waals surface area contributed by atoms with Gasteiger partial charge in [0.15, 0.2) is 8.32 Å². The van der Waals surface area contributed by atoms with E-state index in [1.54, 1.807) is 19.0 Å². The zero-order chi connectivity index (χ0) is 20.0. The van der Waals surface area contributed by atoms with E-state index >= 15 is 0 Å². The molecule has 0 saturated heterocycles. The molecule has 1 amide bonds. The van der Waals surface area contributed by atoms with E-state index in [0.717, 1.165) is 0 Å². The standard InChI is InChI=1S/C21H36N2O2Si/c1-9-15-23(16-18-13-11-10-12-14-18)19(20(24)22(5)6)17-25-26(7,8)21(2,3)4/h9-14,19H,1,15-17H2,2-8H3/t19-/m0/s1. The van der Waals surface area contributed by atoms with Gasteiger partial charge in [-0.15, -0.1) is 6.58 Å². The number of carbonyl (C=O) groups excluding carboxylic acids is 1. The molecule has 0 aromatic heterocycles. The van der Waals surface area contributed by atoms with E-state index in [-0.39, 0.29) is 17.0 Å². The predicted molar refractivity (Wildman–Crippen MR) is 113 cm³/mol. The fourth-order valence-electron chi connectivity index (χ4n) is 2.42. The van der Waals surface area contributed by atoms with E-state index in [4.69, 9.17) is 4.43 Å². The first-order valence-corrected chi connectivity index (χ1v) is 12.1. The Labute approximate surface area is 161 Å². The minimum atomic E-state index is -1.93. The van der Waals surface area contributed by atoms with Crippen LogP contribution in [0.4, 0.5) is 0 Å². The minimum Gasteiger partial charge on any atom is -0.415 e. The fraction of sp³-hybridized carbons (Fsp3) is 0.571. The van der Waals surface area contributed by atoms with Crippen LogP contribution in [0.3, 0.4) is 0 Å². The van der Waals surface area contributed by atoms with Gasteiger partial charge < -0.3 is 9.33 Å². The van der Waals surface area contributed by atoms with E-state index in [9.17, 15) is 4.79 Å². The third-order valence-electron chi connectivity index (χ3n) is 5.17. The molecule has 0 aliphatic carbocycles. The van der Waals surface area contributed by atoms with Gasteiger partial charge in [-0.3, -0.25) is 9.69 Å². The summed E-state index contributed by atoms with van der Waals surface area (Å²) in [6.07, 6.45) is 1.85. The zero-order valence-corrected chi connectivity index (χ0v) is 18.6. The van der Waals surface area contributed by atoms with Crippen molar-refractivity contribution < 1.29 is 9.22 Å². The van der Waals surface area contributed by atoms with Crippen LogP contribution in [0.25, 0.3) is 0 Å². The highest BCUT2D eigenvalue weighted by Crippen LogP contribution is 2.36. The Morgan fingerprint density at radius 3 is 2.27 bits per heavy atom. The second-order valence-electron chi connectivity index (χ2n) is 8.52. The molecule has 0 spiro atoms. The average Bonchev–Trinajstić information content (AvgIpc) is 2.54. The van der Waals surface area contributed by atoms with Gasteiger partial charge in [0, 0.05) is 27.2 Å². The summed E-state index contributed by atoms with van der Waals surface area (Å²) in [5.74, 6) is 0.0708. The van der Waals surface area contributed by atoms with Crippen molar-refractivity contribution in [1.29, 1.82) is 0 Å². The van der Waals surface area contributed by atoms with Gasteiger partial charge in [0.05, 0.1) is 6.61 Å². The van der Waals surface area contributed by atoms with Crippen LogP contribution in [0.1, 0.15) is 26.3 Å². The summed E-state index contributed by atoms with van der Waals surface area (Å²) < 4.78 is 6.41. The normalized spacial score (nSPS) is 13.5. The summed E-state index contributed by atoms with van der Waals surface area (Å²) in [7, 11) is 1.67. The van der Waals surface area contributed by atoms with Crippen molar-refractivity contribution in [2.24, 2.45) is 0 Å². The van der Waals surface area contributed by atoms with Crippen molar-refractivity contribution in [2.45, 2.75) is 51.5 Å². The number of rotatable bonds is 9. The number of benzene rings is 1. The first-order valence-electron chi connectivity index (χ1n) is 9.23. The molecule has 0 saturated carbocycles. The molecule has 0 bridgehead atoms. The lowest BCUT2D eigenvalue weighted by molar-refractivity contribution is -0.135. The molecule has 1 atom stereocenters. The molecule has 0 unspecified atom stereocenters. The molecule has 4 nitrogen and oxygen atoms in total. The van der Waals surface area contributed by atoms with Gasteiger partial charge in [0.25, 0.3) is 0 Å². The summed E-state index contributed by atoms with van der Waals surface area (Å²) in [4.78, 5) is 16.7. The highest BCUT2D eigenvalue weighted by atomic mass is 28.4. The van der Waals surface area contributed by atoms with E-state index in [1.165, 1.54) is 5.56 Å². The van der Waals surface area contributed by atoms with Gasteiger partial charge in [-0.25, -0.2) is 0 Å². The Morgan fingerprint density at radius 1 is 1.23 bits per heavy atom. The lowest BCUT2D eigenvalue weighted by Crippen LogP contribution is -2.52. The van der Waals surface area contributed by atoms with Crippen molar-refractivity contribution in [3.63, 3.8) is 0 Å². The summed E-state index contributed by atoms with van der Waals surface area (Å²) in [6.45, 7) is 16.7. The summed E-state index contributed by atoms with van der Waals surface area (Å²) in [6, 6.07) is 9.90. The highest BCUT2D eigenvalue weighted by molar-refractivity contribution is 6.74. The predicted octanol–water partition coefficient (Wildman–Crippen LogP) is 4.15. The molecule has 5 heteroatoms. The number of likely N-dealkylation sites (N-methyl/N-ethyl adjacent to an activating group) is 1. The van der Waals surface area contributed by atoms with Gasteiger partial charge in [-0.1, -0.05) is 57.2 Å². The number of carbonyl (C=O) groups is 1. The molecule has 1 aromatic carbocycles. The summed E-state index contributed by atoms with van der Waals surface area (Å²) in [5.41, 5.74) is 1.18. The molecular formula is C21H36N2O2Si. The lowest BCUT2D eigenvalue weighted by Gasteiger charge is -2.39. The summed E-state index contributed by atoms with van der Waals surface area (Å²) in [5, 5.41) is 0.113. The van der Waals surface area contributed by atoms with Gasteiger partial charge >= 0.3 is 0 Å². The van der Waals surface area contributed by atoms with Crippen LogP contribution in [0.2, 0.25) is 18.1 Å².